The van der Waals surface area contributed by atoms with Crippen LogP contribution in [0.5, 0.6) is 0 Å². The van der Waals surface area contributed by atoms with E-state index in [9.17, 15) is 9.90 Å². The molecule has 0 aliphatic carbocycles. The third-order valence-corrected chi connectivity index (χ3v) is 3.16. The average molecular weight is 286 g/mol. The fourth-order valence-corrected chi connectivity index (χ4v) is 2.09. The predicted molar refractivity (Wildman–Crippen MR) is 79.8 cm³/mol. The fraction of sp³-hybridized carbons (Fsp3) is 0.250. The van der Waals surface area contributed by atoms with Crippen LogP contribution in [0.2, 0.25) is 0 Å². The Morgan fingerprint density at radius 2 is 1.95 bits per heavy atom. The molecule has 0 saturated carbocycles. The molecule has 5 heteroatoms. The van der Waals surface area contributed by atoms with Gasteiger partial charge in [0.05, 0.1) is 13.7 Å². The maximum Gasteiger partial charge on any atom is 0.330 e. The van der Waals surface area contributed by atoms with E-state index in [0.717, 1.165) is 5.56 Å². The highest BCUT2D eigenvalue weighted by Crippen LogP contribution is 2.18. The molecule has 0 fully saturated rings. The first kappa shape index (κ1) is 15.0. The van der Waals surface area contributed by atoms with E-state index in [0.29, 0.717) is 12.4 Å². The second kappa shape index (κ2) is 7.40. The van der Waals surface area contributed by atoms with Gasteiger partial charge in [0, 0.05) is 12.7 Å². The topological polar surface area (TPSA) is 62.7 Å². The maximum absolute atomic E-state index is 11.9. The Morgan fingerprint density at radius 3 is 2.52 bits per heavy atom. The quantitative estimate of drug-likeness (QED) is 0.818. The lowest BCUT2D eigenvalue weighted by Gasteiger charge is -2.29. The lowest BCUT2D eigenvalue weighted by molar-refractivity contribution is -0.143. The number of carbonyl (C=O) groups excluding carboxylic acids is 1. The lowest BCUT2D eigenvalue weighted by Crippen LogP contribution is -2.44. The Labute approximate surface area is 123 Å². The number of anilines is 1. The van der Waals surface area contributed by atoms with Crippen LogP contribution in [0.25, 0.3) is 0 Å². The molecule has 0 bridgehead atoms. The van der Waals surface area contributed by atoms with Crippen molar-refractivity contribution in [3.8, 4) is 0 Å². The summed E-state index contributed by atoms with van der Waals surface area (Å²) in [7, 11) is 1.31. The van der Waals surface area contributed by atoms with Gasteiger partial charge in [-0.2, -0.15) is 0 Å². The predicted octanol–water partition coefficient (Wildman–Crippen LogP) is 1.62. The number of carbonyl (C=O) groups is 1. The van der Waals surface area contributed by atoms with Crippen molar-refractivity contribution < 1.29 is 14.6 Å². The van der Waals surface area contributed by atoms with Crippen molar-refractivity contribution >= 4 is 11.8 Å². The molecule has 110 valence electrons. The molecule has 2 aromatic rings. The summed E-state index contributed by atoms with van der Waals surface area (Å²) in [6.45, 7) is 0.119. The van der Waals surface area contributed by atoms with Gasteiger partial charge >= 0.3 is 5.97 Å². The molecule has 0 radical (unpaired) electrons. The molecule has 1 aromatic heterocycles. The molecular weight excluding hydrogens is 268 g/mol. The van der Waals surface area contributed by atoms with Crippen LogP contribution in [0.4, 0.5) is 5.82 Å². The molecule has 0 saturated heterocycles. The Kier molecular flexibility index (Phi) is 5.29. The number of aliphatic hydroxyl groups is 1. The monoisotopic (exact) mass is 286 g/mol. The summed E-state index contributed by atoms with van der Waals surface area (Å²) in [6, 6.07) is 14.4. The van der Waals surface area contributed by atoms with E-state index in [2.05, 4.69) is 4.98 Å². The Morgan fingerprint density at radius 1 is 1.24 bits per heavy atom. The van der Waals surface area contributed by atoms with Crippen molar-refractivity contribution in [1.29, 1.82) is 0 Å². The molecule has 21 heavy (non-hydrogen) atoms. The van der Waals surface area contributed by atoms with Crippen molar-refractivity contribution in [3.05, 3.63) is 60.3 Å². The van der Waals surface area contributed by atoms with Gasteiger partial charge in [-0.1, -0.05) is 36.4 Å². The first-order valence-electron chi connectivity index (χ1n) is 6.66. The maximum atomic E-state index is 11.9. The first-order valence-corrected chi connectivity index (χ1v) is 6.66. The van der Waals surface area contributed by atoms with Gasteiger partial charge in [-0.15, -0.1) is 0 Å². The summed E-state index contributed by atoms with van der Waals surface area (Å²) < 4.78 is 4.78. The normalized spacial score (nSPS) is 11.7. The van der Waals surface area contributed by atoms with Crippen LogP contribution in [-0.2, 0) is 16.1 Å². The van der Waals surface area contributed by atoms with Crippen molar-refractivity contribution in [2.75, 3.05) is 18.6 Å². The van der Waals surface area contributed by atoms with Crippen LogP contribution in [-0.4, -0.2) is 35.8 Å². The molecule has 1 aromatic carbocycles. The minimum Gasteiger partial charge on any atom is -0.467 e. The van der Waals surface area contributed by atoms with E-state index in [1.807, 2.05) is 36.4 Å². The summed E-state index contributed by atoms with van der Waals surface area (Å²) in [5.74, 6) is 0.130. The number of pyridine rings is 1. The zero-order valence-corrected chi connectivity index (χ0v) is 11.8. The Balaban J connectivity index is 2.32. The number of aromatic nitrogens is 1. The van der Waals surface area contributed by atoms with Gasteiger partial charge in [0.15, 0.2) is 6.04 Å². The number of hydrogen-bond acceptors (Lipinski definition) is 5. The van der Waals surface area contributed by atoms with E-state index in [1.165, 1.54) is 7.11 Å². The molecule has 0 amide bonds. The standard InChI is InChI=1S/C16H18N2O3/c1-21-16(20)14(12-19)18(15-9-5-6-10-17-15)11-13-7-3-2-4-8-13/h2-10,14,19H,11-12H2,1H3. The number of hydrogen-bond donors (Lipinski definition) is 1. The summed E-state index contributed by atoms with van der Waals surface area (Å²) in [6.07, 6.45) is 1.65. The molecule has 1 atom stereocenters. The number of benzene rings is 1. The summed E-state index contributed by atoms with van der Waals surface area (Å²) in [4.78, 5) is 17.9. The van der Waals surface area contributed by atoms with E-state index < -0.39 is 12.0 Å². The molecule has 1 N–H and O–H groups in total. The van der Waals surface area contributed by atoms with E-state index >= 15 is 0 Å². The van der Waals surface area contributed by atoms with Gasteiger partial charge in [-0.05, 0) is 17.7 Å². The minimum absolute atomic E-state index is 0.337. The lowest BCUT2D eigenvalue weighted by atomic mass is 10.1. The number of esters is 1. The third-order valence-electron chi connectivity index (χ3n) is 3.16. The van der Waals surface area contributed by atoms with Crippen molar-refractivity contribution in [2.24, 2.45) is 0 Å². The number of methoxy groups -OCH3 is 1. The summed E-state index contributed by atoms with van der Waals surface area (Å²) in [5.41, 5.74) is 1.02. The van der Waals surface area contributed by atoms with Crippen LogP contribution >= 0.6 is 0 Å². The van der Waals surface area contributed by atoms with Gasteiger partial charge in [0.2, 0.25) is 0 Å². The number of rotatable bonds is 6. The van der Waals surface area contributed by atoms with Crippen molar-refractivity contribution in [3.63, 3.8) is 0 Å². The Bertz CT molecular complexity index is 560. The van der Waals surface area contributed by atoms with Crippen LogP contribution < -0.4 is 4.90 Å². The number of nitrogens with zero attached hydrogens (tertiary/aromatic N) is 2. The highest BCUT2D eigenvalue weighted by Gasteiger charge is 2.27. The van der Waals surface area contributed by atoms with Gasteiger partial charge in [-0.25, -0.2) is 9.78 Å². The molecule has 1 unspecified atom stereocenters. The SMILES string of the molecule is COC(=O)C(CO)N(Cc1ccccc1)c1ccccn1. The van der Waals surface area contributed by atoms with Gasteiger partial charge in [0.1, 0.15) is 5.82 Å². The van der Waals surface area contributed by atoms with Crippen molar-refractivity contribution in [1.82, 2.24) is 4.98 Å². The molecule has 0 aliphatic rings. The summed E-state index contributed by atoms with van der Waals surface area (Å²) in [5, 5.41) is 9.57. The molecule has 5 nitrogen and oxygen atoms in total. The second-order valence-electron chi connectivity index (χ2n) is 4.52. The molecule has 0 aliphatic heterocycles. The summed E-state index contributed by atoms with van der Waals surface area (Å²) >= 11 is 0. The zero-order chi connectivity index (χ0) is 15.1. The number of aliphatic hydroxyl groups excluding tert-OH is 1. The second-order valence-corrected chi connectivity index (χ2v) is 4.52. The molecule has 0 spiro atoms. The highest BCUT2D eigenvalue weighted by atomic mass is 16.5. The van der Waals surface area contributed by atoms with Crippen molar-refractivity contribution in [2.45, 2.75) is 12.6 Å². The van der Waals surface area contributed by atoms with Crippen LogP contribution in [0.15, 0.2) is 54.7 Å². The van der Waals surface area contributed by atoms with Gasteiger partial charge < -0.3 is 14.7 Å². The Hall–Kier alpha value is -2.40. The average Bonchev–Trinajstić information content (AvgIpc) is 2.56. The van der Waals surface area contributed by atoms with Crippen LogP contribution in [0.3, 0.4) is 0 Å². The smallest absolute Gasteiger partial charge is 0.330 e. The van der Waals surface area contributed by atoms with E-state index in [4.69, 9.17) is 4.74 Å². The van der Waals surface area contributed by atoms with Crippen LogP contribution in [0, 0.1) is 0 Å². The fourth-order valence-electron chi connectivity index (χ4n) is 2.09. The van der Waals surface area contributed by atoms with Gasteiger partial charge in [0.25, 0.3) is 0 Å². The molecular formula is C16H18N2O3. The van der Waals surface area contributed by atoms with E-state index in [-0.39, 0.29) is 6.61 Å². The highest BCUT2D eigenvalue weighted by molar-refractivity contribution is 5.79. The zero-order valence-electron chi connectivity index (χ0n) is 11.8. The van der Waals surface area contributed by atoms with Gasteiger partial charge in [-0.3, -0.25) is 0 Å². The third kappa shape index (κ3) is 3.79. The minimum atomic E-state index is -0.787. The number of ether oxygens (including phenoxy) is 1. The molecule has 2 rings (SSSR count). The largest absolute Gasteiger partial charge is 0.467 e. The first-order chi connectivity index (χ1) is 10.3. The molecule has 1 heterocycles. The van der Waals surface area contributed by atoms with Crippen LogP contribution in [0.1, 0.15) is 5.56 Å². The van der Waals surface area contributed by atoms with E-state index in [1.54, 1.807) is 23.2 Å².